The van der Waals surface area contributed by atoms with Crippen LogP contribution in [0.3, 0.4) is 0 Å². The number of nitrogens with one attached hydrogen (secondary N) is 3. The number of benzene rings is 1. The Labute approximate surface area is 167 Å². The molecule has 1 fully saturated rings. The molecule has 0 spiro atoms. The molecular weight excluding hydrogens is 410 g/mol. The number of hydrogen-bond acceptors (Lipinski definition) is 3. The van der Waals surface area contributed by atoms with Crippen molar-refractivity contribution in [3.8, 4) is 0 Å². The molecule has 1 unspecified atom stereocenters. The lowest BCUT2D eigenvalue weighted by Crippen LogP contribution is -2.49. The van der Waals surface area contributed by atoms with E-state index in [9.17, 15) is 9.59 Å². The van der Waals surface area contributed by atoms with Crippen molar-refractivity contribution in [1.82, 2.24) is 15.1 Å². The molecule has 3 amide bonds. The largest absolute Gasteiger partial charge is 0.326 e. The average molecular weight is 434 g/mol. The second-order valence-corrected chi connectivity index (χ2v) is 7.83. The molecule has 1 aliphatic carbocycles. The van der Waals surface area contributed by atoms with Crippen LogP contribution in [0, 0.1) is 12.8 Å². The molecule has 27 heavy (non-hydrogen) atoms. The van der Waals surface area contributed by atoms with Crippen molar-refractivity contribution < 1.29 is 9.59 Å². The molecule has 0 bridgehead atoms. The first-order valence-electron chi connectivity index (χ1n) is 9.06. The highest BCUT2D eigenvalue weighted by molar-refractivity contribution is 9.10. The summed E-state index contributed by atoms with van der Waals surface area (Å²) in [7, 11) is 1.81. The zero-order valence-corrected chi connectivity index (χ0v) is 17.0. The topological polar surface area (TPSA) is 88.1 Å². The van der Waals surface area contributed by atoms with Crippen LogP contribution in [0.15, 0.2) is 34.9 Å². The summed E-state index contributed by atoms with van der Waals surface area (Å²) in [5.74, 6) is -0.0680. The summed E-state index contributed by atoms with van der Waals surface area (Å²) in [6.07, 6.45) is 5.79. The number of nitrogens with zero attached hydrogens (tertiary/aromatic N) is 2. The fraction of sp³-hybridized carbons (Fsp3) is 0.421. The third-order valence-corrected chi connectivity index (χ3v) is 5.34. The second-order valence-electron chi connectivity index (χ2n) is 6.92. The summed E-state index contributed by atoms with van der Waals surface area (Å²) in [6.45, 7) is 1.84. The van der Waals surface area contributed by atoms with Gasteiger partial charge in [-0.2, -0.15) is 5.10 Å². The molecule has 144 valence electrons. The van der Waals surface area contributed by atoms with E-state index in [2.05, 4.69) is 37.0 Å². The van der Waals surface area contributed by atoms with Crippen molar-refractivity contribution in [2.75, 3.05) is 10.6 Å². The first-order chi connectivity index (χ1) is 12.9. The van der Waals surface area contributed by atoms with Gasteiger partial charge in [-0.3, -0.25) is 9.48 Å². The van der Waals surface area contributed by atoms with E-state index >= 15 is 0 Å². The number of halogens is 1. The Hall–Kier alpha value is -2.35. The van der Waals surface area contributed by atoms with Gasteiger partial charge in [-0.25, -0.2) is 4.79 Å². The molecule has 3 rings (SSSR count). The van der Waals surface area contributed by atoms with Crippen LogP contribution < -0.4 is 16.0 Å². The fourth-order valence-electron chi connectivity index (χ4n) is 3.46. The first-order valence-corrected chi connectivity index (χ1v) is 9.86. The lowest BCUT2D eigenvalue weighted by Gasteiger charge is -2.24. The Morgan fingerprint density at radius 3 is 2.44 bits per heavy atom. The fourth-order valence-corrected chi connectivity index (χ4v) is 3.73. The number of amides is 3. The van der Waals surface area contributed by atoms with Gasteiger partial charge in [0.25, 0.3) is 0 Å². The van der Waals surface area contributed by atoms with Crippen molar-refractivity contribution in [2.45, 2.75) is 38.6 Å². The number of carbonyl (C=O) groups is 2. The summed E-state index contributed by atoms with van der Waals surface area (Å²) >= 11 is 3.37. The highest BCUT2D eigenvalue weighted by atomic mass is 79.9. The molecule has 1 atom stereocenters. The van der Waals surface area contributed by atoms with Crippen molar-refractivity contribution in [2.24, 2.45) is 13.0 Å². The van der Waals surface area contributed by atoms with Gasteiger partial charge >= 0.3 is 6.03 Å². The minimum absolute atomic E-state index is 0.137. The number of urea groups is 1. The van der Waals surface area contributed by atoms with E-state index in [0.717, 1.165) is 35.8 Å². The Morgan fingerprint density at radius 1 is 1.19 bits per heavy atom. The van der Waals surface area contributed by atoms with Crippen molar-refractivity contribution >= 4 is 39.2 Å². The van der Waals surface area contributed by atoms with Gasteiger partial charge in [0.2, 0.25) is 5.91 Å². The Kier molecular flexibility index (Phi) is 6.15. The molecule has 3 N–H and O–H groups in total. The van der Waals surface area contributed by atoms with Gasteiger partial charge in [0, 0.05) is 23.4 Å². The van der Waals surface area contributed by atoms with Gasteiger partial charge < -0.3 is 16.0 Å². The molecule has 0 aliphatic heterocycles. The van der Waals surface area contributed by atoms with Crippen LogP contribution in [0.25, 0.3) is 0 Å². The van der Waals surface area contributed by atoms with Crippen LogP contribution in [0.4, 0.5) is 16.2 Å². The molecule has 1 heterocycles. The van der Waals surface area contributed by atoms with Crippen molar-refractivity contribution in [3.05, 3.63) is 40.6 Å². The summed E-state index contributed by atoms with van der Waals surface area (Å²) in [5.41, 5.74) is 2.08. The molecule has 1 aliphatic rings. The molecule has 1 aromatic carbocycles. The quantitative estimate of drug-likeness (QED) is 0.669. The second kappa shape index (κ2) is 8.56. The Bertz CT molecular complexity index is 812. The molecule has 0 radical (unpaired) electrons. The zero-order valence-electron chi connectivity index (χ0n) is 15.5. The number of rotatable bonds is 5. The number of aromatic nitrogens is 2. The van der Waals surface area contributed by atoms with Crippen LogP contribution >= 0.6 is 15.9 Å². The number of hydrogen-bond donors (Lipinski definition) is 3. The highest BCUT2D eigenvalue weighted by Gasteiger charge is 2.32. The number of anilines is 2. The molecule has 1 saturated carbocycles. The summed E-state index contributed by atoms with van der Waals surface area (Å²) in [4.78, 5) is 25.4. The zero-order chi connectivity index (χ0) is 19.4. The van der Waals surface area contributed by atoms with Crippen molar-refractivity contribution in [1.29, 1.82) is 0 Å². The highest BCUT2D eigenvalue weighted by Crippen LogP contribution is 2.28. The van der Waals surface area contributed by atoms with E-state index in [1.165, 1.54) is 0 Å². The van der Waals surface area contributed by atoms with Gasteiger partial charge in [0.15, 0.2) is 0 Å². The maximum atomic E-state index is 12.9. The molecule has 0 saturated heterocycles. The monoisotopic (exact) mass is 433 g/mol. The SMILES string of the molecule is Cc1nn(C)cc1NC(=O)C(NC(=O)Nc1ccc(Br)cc1)C1CCCC1. The van der Waals surface area contributed by atoms with Crippen LogP contribution in [-0.4, -0.2) is 27.8 Å². The lowest BCUT2D eigenvalue weighted by atomic mass is 9.97. The Balaban J connectivity index is 1.68. The van der Waals surface area contributed by atoms with Crippen LogP contribution in [0.1, 0.15) is 31.4 Å². The maximum absolute atomic E-state index is 12.9. The maximum Gasteiger partial charge on any atom is 0.319 e. The average Bonchev–Trinajstić information content (AvgIpc) is 3.25. The minimum atomic E-state index is -0.581. The van der Waals surface area contributed by atoms with Gasteiger partial charge in [-0.15, -0.1) is 0 Å². The minimum Gasteiger partial charge on any atom is -0.326 e. The Morgan fingerprint density at radius 2 is 1.85 bits per heavy atom. The molecule has 7 nitrogen and oxygen atoms in total. The van der Waals surface area contributed by atoms with E-state index in [-0.39, 0.29) is 17.9 Å². The lowest BCUT2D eigenvalue weighted by molar-refractivity contribution is -0.119. The summed E-state index contributed by atoms with van der Waals surface area (Å²) < 4.78 is 2.59. The predicted octanol–water partition coefficient (Wildman–Crippen LogP) is 3.81. The molecular formula is C19H24BrN5O2. The molecule has 2 aromatic rings. The van der Waals surface area contributed by atoms with Crippen LogP contribution in [-0.2, 0) is 11.8 Å². The standard InChI is InChI=1S/C19H24BrN5O2/c1-12-16(11-25(2)24-12)22-18(26)17(13-5-3-4-6-13)23-19(27)21-15-9-7-14(20)8-10-15/h7-11,13,17H,3-6H2,1-2H3,(H,22,26)(H2,21,23,27). The third kappa shape index (κ3) is 5.09. The van der Waals surface area contributed by atoms with E-state index in [1.807, 2.05) is 19.1 Å². The van der Waals surface area contributed by atoms with Crippen LogP contribution in [0.5, 0.6) is 0 Å². The molecule has 8 heteroatoms. The summed E-state index contributed by atoms with van der Waals surface area (Å²) in [6, 6.07) is 6.33. The molecule has 1 aromatic heterocycles. The predicted molar refractivity (Wildman–Crippen MR) is 109 cm³/mol. The first kappa shape index (κ1) is 19.4. The third-order valence-electron chi connectivity index (χ3n) is 4.81. The number of carbonyl (C=O) groups excluding carboxylic acids is 2. The van der Waals surface area contributed by atoms with Gasteiger partial charge in [0.1, 0.15) is 6.04 Å². The normalized spacial score (nSPS) is 15.4. The van der Waals surface area contributed by atoms with Gasteiger partial charge in [0.05, 0.1) is 11.4 Å². The van der Waals surface area contributed by atoms with E-state index in [4.69, 9.17) is 0 Å². The van der Waals surface area contributed by atoms with E-state index in [1.54, 1.807) is 30.1 Å². The smallest absolute Gasteiger partial charge is 0.319 e. The van der Waals surface area contributed by atoms with Crippen LogP contribution in [0.2, 0.25) is 0 Å². The van der Waals surface area contributed by atoms with E-state index < -0.39 is 6.04 Å². The van der Waals surface area contributed by atoms with Gasteiger partial charge in [-0.05, 0) is 49.9 Å². The summed E-state index contributed by atoms with van der Waals surface area (Å²) in [5, 5.41) is 12.8. The van der Waals surface area contributed by atoms with Gasteiger partial charge in [-0.1, -0.05) is 28.8 Å². The van der Waals surface area contributed by atoms with Crippen molar-refractivity contribution in [3.63, 3.8) is 0 Å². The van der Waals surface area contributed by atoms with E-state index in [0.29, 0.717) is 11.4 Å². The number of aryl methyl sites for hydroxylation is 2.